The van der Waals surface area contributed by atoms with Gasteiger partial charge in [0, 0.05) is 18.2 Å². The zero-order valence-corrected chi connectivity index (χ0v) is 10.4. The van der Waals surface area contributed by atoms with Crippen molar-refractivity contribution in [1.29, 1.82) is 0 Å². The van der Waals surface area contributed by atoms with Gasteiger partial charge in [-0.1, -0.05) is 18.2 Å². The zero-order chi connectivity index (χ0) is 12.1. The van der Waals surface area contributed by atoms with Gasteiger partial charge in [0.25, 0.3) is 0 Å². The SMILES string of the molecule is C[C@@H](N)c1ccccc1OCC1CCCCO1. The molecule has 1 heterocycles. The largest absolute Gasteiger partial charge is 0.491 e. The first-order valence-corrected chi connectivity index (χ1v) is 6.36. The number of hydrogen-bond acceptors (Lipinski definition) is 3. The van der Waals surface area contributed by atoms with Crippen molar-refractivity contribution in [1.82, 2.24) is 0 Å². The Morgan fingerprint density at radius 3 is 2.94 bits per heavy atom. The quantitative estimate of drug-likeness (QED) is 0.872. The van der Waals surface area contributed by atoms with Crippen molar-refractivity contribution in [2.45, 2.75) is 38.3 Å². The summed E-state index contributed by atoms with van der Waals surface area (Å²) >= 11 is 0. The van der Waals surface area contributed by atoms with Crippen LogP contribution in [-0.4, -0.2) is 19.3 Å². The molecule has 1 aliphatic heterocycles. The number of ether oxygens (including phenoxy) is 2. The van der Waals surface area contributed by atoms with E-state index < -0.39 is 0 Å². The van der Waals surface area contributed by atoms with Crippen LogP contribution in [0.4, 0.5) is 0 Å². The monoisotopic (exact) mass is 235 g/mol. The second-order valence-corrected chi connectivity index (χ2v) is 4.63. The predicted molar refractivity (Wildman–Crippen MR) is 68.1 cm³/mol. The summed E-state index contributed by atoms with van der Waals surface area (Å²) < 4.78 is 11.5. The molecular formula is C14H21NO2. The third kappa shape index (κ3) is 3.45. The van der Waals surface area contributed by atoms with E-state index in [2.05, 4.69) is 0 Å². The minimum Gasteiger partial charge on any atom is -0.491 e. The van der Waals surface area contributed by atoms with Crippen molar-refractivity contribution in [3.8, 4) is 5.75 Å². The molecule has 0 amide bonds. The zero-order valence-electron chi connectivity index (χ0n) is 10.4. The average Bonchev–Trinajstić information content (AvgIpc) is 2.38. The van der Waals surface area contributed by atoms with Crippen LogP contribution in [0.25, 0.3) is 0 Å². The normalized spacial score (nSPS) is 22.1. The molecule has 0 radical (unpaired) electrons. The van der Waals surface area contributed by atoms with E-state index in [4.69, 9.17) is 15.2 Å². The summed E-state index contributed by atoms with van der Waals surface area (Å²) in [6.07, 6.45) is 3.75. The first-order chi connectivity index (χ1) is 8.27. The van der Waals surface area contributed by atoms with Gasteiger partial charge in [-0.2, -0.15) is 0 Å². The van der Waals surface area contributed by atoms with E-state index in [1.807, 2.05) is 31.2 Å². The highest BCUT2D eigenvalue weighted by atomic mass is 16.5. The summed E-state index contributed by atoms with van der Waals surface area (Å²) in [7, 11) is 0. The van der Waals surface area contributed by atoms with Gasteiger partial charge in [0.05, 0.1) is 6.10 Å². The number of hydrogen-bond donors (Lipinski definition) is 1. The first-order valence-electron chi connectivity index (χ1n) is 6.36. The molecule has 0 saturated carbocycles. The molecule has 3 nitrogen and oxygen atoms in total. The third-order valence-electron chi connectivity index (χ3n) is 3.11. The van der Waals surface area contributed by atoms with E-state index in [-0.39, 0.29) is 12.1 Å². The lowest BCUT2D eigenvalue weighted by Crippen LogP contribution is -2.26. The summed E-state index contributed by atoms with van der Waals surface area (Å²) in [5, 5.41) is 0. The van der Waals surface area contributed by atoms with Crippen LogP contribution in [0.1, 0.15) is 37.8 Å². The Hall–Kier alpha value is -1.06. The topological polar surface area (TPSA) is 44.5 Å². The van der Waals surface area contributed by atoms with E-state index >= 15 is 0 Å². The standard InChI is InChI=1S/C14H21NO2/c1-11(15)13-7-2-3-8-14(13)17-10-12-6-4-5-9-16-12/h2-3,7-8,11-12H,4-6,9-10,15H2,1H3/t11-,12?/m1/s1. The van der Waals surface area contributed by atoms with Crippen molar-refractivity contribution in [2.75, 3.05) is 13.2 Å². The summed E-state index contributed by atoms with van der Waals surface area (Å²) in [5.74, 6) is 0.886. The molecule has 1 aromatic rings. The van der Waals surface area contributed by atoms with Crippen molar-refractivity contribution in [2.24, 2.45) is 5.73 Å². The van der Waals surface area contributed by atoms with Crippen LogP contribution >= 0.6 is 0 Å². The lowest BCUT2D eigenvalue weighted by Gasteiger charge is -2.23. The van der Waals surface area contributed by atoms with Crippen molar-refractivity contribution in [3.05, 3.63) is 29.8 Å². The van der Waals surface area contributed by atoms with Gasteiger partial charge in [0.1, 0.15) is 12.4 Å². The van der Waals surface area contributed by atoms with Gasteiger partial charge in [0.15, 0.2) is 0 Å². The second kappa shape index (κ2) is 6.03. The highest BCUT2D eigenvalue weighted by molar-refractivity contribution is 5.35. The van der Waals surface area contributed by atoms with Crippen LogP contribution in [0.5, 0.6) is 5.75 Å². The van der Waals surface area contributed by atoms with Gasteiger partial charge in [-0.25, -0.2) is 0 Å². The molecule has 1 unspecified atom stereocenters. The Labute approximate surface area is 103 Å². The van der Waals surface area contributed by atoms with Crippen LogP contribution in [0.15, 0.2) is 24.3 Å². The highest BCUT2D eigenvalue weighted by Crippen LogP contribution is 2.24. The maximum Gasteiger partial charge on any atom is 0.124 e. The van der Waals surface area contributed by atoms with Gasteiger partial charge in [-0.3, -0.25) is 0 Å². The molecule has 1 aromatic carbocycles. The summed E-state index contributed by atoms with van der Waals surface area (Å²) in [6, 6.07) is 7.95. The third-order valence-corrected chi connectivity index (χ3v) is 3.11. The molecule has 0 aliphatic carbocycles. The number of benzene rings is 1. The van der Waals surface area contributed by atoms with Gasteiger partial charge in [0.2, 0.25) is 0 Å². The van der Waals surface area contributed by atoms with E-state index in [9.17, 15) is 0 Å². The number of rotatable bonds is 4. The van der Waals surface area contributed by atoms with E-state index in [0.717, 1.165) is 24.3 Å². The Bertz CT molecular complexity index is 346. The molecule has 2 rings (SSSR count). The molecule has 17 heavy (non-hydrogen) atoms. The van der Waals surface area contributed by atoms with Gasteiger partial charge in [-0.05, 0) is 32.3 Å². The van der Waals surface area contributed by atoms with E-state index in [1.165, 1.54) is 12.8 Å². The van der Waals surface area contributed by atoms with Gasteiger partial charge >= 0.3 is 0 Å². The molecule has 1 aliphatic rings. The lowest BCUT2D eigenvalue weighted by atomic mass is 10.1. The Kier molecular flexibility index (Phi) is 4.40. The molecule has 0 aromatic heterocycles. The fourth-order valence-corrected chi connectivity index (χ4v) is 2.11. The molecule has 94 valence electrons. The van der Waals surface area contributed by atoms with Crippen LogP contribution in [-0.2, 0) is 4.74 Å². The molecule has 1 fully saturated rings. The number of para-hydroxylation sites is 1. The highest BCUT2D eigenvalue weighted by Gasteiger charge is 2.15. The van der Waals surface area contributed by atoms with Crippen LogP contribution < -0.4 is 10.5 Å². The van der Waals surface area contributed by atoms with Crippen LogP contribution in [0.3, 0.4) is 0 Å². The summed E-state index contributed by atoms with van der Waals surface area (Å²) in [4.78, 5) is 0. The fourth-order valence-electron chi connectivity index (χ4n) is 2.11. The molecule has 2 N–H and O–H groups in total. The van der Waals surface area contributed by atoms with Gasteiger partial charge < -0.3 is 15.2 Å². The van der Waals surface area contributed by atoms with E-state index in [0.29, 0.717) is 6.61 Å². The molecule has 0 bridgehead atoms. The average molecular weight is 235 g/mol. The molecule has 3 heteroatoms. The molecule has 1 saturated heterocycles. The first kappa shape index (κ1) is 12.4. The van der Waals surface area contributed by atoms with Crippen molar-refractivity contribution in [3.63, 3.8) is 0 Å². The van der Waals surface area contributed by atoms with Crippen LogP contribution in [0, 0.1) is 0 Å². The minimum atomic E-state index is -0.00141. The maximum atomic E-state index is 5.91. The van der Waals surface area contributed by atoms with Gasteiger partial charge in [-0.15, -0.1) is 0 Å². The Morgan fingerprint density at radius 1 is 1.41 bits per heavy atom. The van der Waals surface area contributed by atoms with E-state index in [1.54, 1.807) is 0 Å². The van der Waals surface area contributed by atoms with Crippen LogP contribution in [0.2, 0.25) is 0 Å². The lowest BCUT2D eigenvalue weighted by molar-refractivity contribution is -0.0112. The maximum absolute atomic E-state index is 5.91. The predicted octanol–water partition coefficient (Wildman–Crippen LogP) is 2.65. The molecule has 0 spiro atoms. The Morgan fingerprint density at radius 2 is 2.24 bits per heavy atom. The van der Waals surface area contributed by atoms with Crippen molar-refractivity contribution < 1.29 is 9.47 Å². The number of nitrogens with two attached hydrogens (primary N) is 1. The Balaban J connectivity index is 1.93. The second-order valence-electron chi connectivity index (χ2n) is 4.63. The summed E-state index contributed by atoms with van der Waals surface area (Å²) in [6.45, 7) is 3.46. The summed E-state index contributed by atoms with van der Waals surface area (Å²) in [5.41, 5.74) is 6.97. The molecular weight excluding hydrogens is 214 g/mol. The smallest absolute Gasteiger partial charge is 0.124 e. The fraction of sp³-hybridized carbons (Fsp3) is 0.571. The minimum absolute atomic E-state index is 0.00141. The van der Waals surface area contributed by atoms with Crippen molar-refractivity contribution >= 4 is 0 Å². The molecule has 2 atom stereocenters.